The van der Waals surface area contributed by atoms with Crippen LogP contribution < -0.4 is 0 Å². The SMILES string of the molecule is COCC(O)CC(C(C)C)C(C)O. The Hall–Kier alpha value is -0.120. The second-order valence-electron chi connectivity index (χ2n) is 3.99. The van der Waals surface area contributed by atoms with Gasteiger partial charge in [-0.05, 0) is 25.2 Å². The molecule has 0 rings (SSSR count). The van der Waals surface area contributed by atoms with Gasteiger partial charge in [0.1, 0.15) is 0 Å². The van der Waals surface area contributed by atoms with Crippen LogP contribution in [-0.2, 0) is 4.74 Å². The Morgan fingerprint density at radius 3 is 2.00 bits per heavy atom. The summed E-state index contributed by atoms with van der Waals surface area (Å²) in [6.45, 7) is 6.22. The molecule has 0 heterocycles. The molecule has 3 nitrogen and oxygen atoms in total. The van der Waals surface area contributed by atoms with Crippen molar-refractivity contribution in [3.05, 3.63) is 0 Å². The zero-order chi connectivity index (χ0) is 10.4. The minimum Gasteiger partial charge on any atom is -0.393 e. The first-order valence-corrected chi connectivity index (χ1v) is 4.84. The lowest BCUT2D eigenvalue weighted by Crippen LogP contribution is -2.28. The molecule has 0 fully saturated rings. The van der Waals surface area contributed by atoms with E-state index in [2.05, 4.69) is 13.8 Å². The maximum absolute atomic E-state index is 9.48. The molecule has 0 saturated heterocycles. The van der Waals surface area contributed by atoms with E-state index in [1.165, 1.54) is 0 Å². The molecule has 0 aliphatic heterocycles. The summed E-state index contributed by atoms with van der Waals surface area (Å²) in [5.41, 5.74) is 0. The van der Waals surface area contributed by atoms with Crippen LogP contribution in [0, 0.1) is 11.8 Å². The van der Waals surface area contributed by atoms with E-state index in [4.69, 9.17) is 4.74 Å². The zero-order valence-corrected chi connectivity index (χ0v) is 9.03. The minimum atomic E-state index is -0.466. The predicted molar refractivity (Wildman–Crippen MR) is 52.5 cm³/mol. The van der Waals surface area contributed by atoms with Crippen molar-refractivity contribution >= 4 is 0 Å². The summed E-state index contributed by atoms with van der Waals surface area (Å²) in [6.07, 6.45) is -0.234. The molecular formula is C10H22O3. The third kappa shape index (κ3) is 5.24. The van der Waals surface area contributed by atoms with E-state index in [1.54, 1.807) is 14.0 Å². The van der Waals surface area contributed by atoms with Gasteiger partial charge in [0.2, 0.25) is 0 Å². The third-order valence-electron chi connectivity index (χ3n) is 2.38. The number of rotatable bonds is 6. The summed E-state index contributed by atoms with van der Waals surface area (Å²) in [5, 5.41) is 18.9. The molecule has 0 radical (unpaired) electrons. The highest BCUT2D eigenvalue weighted by atomic mass is 16.5. The van der Waals surface area contributed by atoms with Gasteiger partial charge in [0, 0.05) is 7.11 Å². The highest BCUT2D eigenvalue weighted by molar-refractivity contribution is 4.72. The Morgan fingerprint density at radius 1 is 1.15 bits per heavy atom. The van der Waals surface area contributed by atoms with E-state index in [-0.39, 0.29) is 12.0 Å². The van der Waals surface area contributed by atoms with Gasteiger partial charge in [-0.25, -0.2) is 0 Å². The quantitative estimate of drug-likeness (QED) is 0.658. The molecule has 13 heavy (non-hydrogen) atoms. The monoisotopic (exact) mass is 190 g/mol. The van der Waals surface area contributed by atoms with Crippen molar-refractivity contribution in [3.8, 4) is 0 Å². The van der Waals surface area contributed by atoms with Crippen LogP contribution in [0.2, 0.25) is 0 Å². The third-order valence-corrected chi connectivity index (χ3v) is 2.38. The molecule has 0 aromatic carbocycles. The summed E-state index contributed by atoms with van der Waals surface area (Å²) in [7, 11) is 1.57. The Balaban J connectivity index is 3.94. The van der Waals surface area contributed by atoms with Crippen LogP contribution in [-0.4, -0.2) is 36.1 Å². The lowest BCUT2D eigenvalue weighted by molar-refractivity contribution is 0.0125. The van der Waals surface area contributed by atoms with Crippen LogP contribution in [0.25, 0.3) is 0 Å². The molecule has 0 aliphatic rings. The zero-order valence-electron chi connectivity index (χ0n) is 9.03. The van der Waals surface area contributed by atoms with E-state index in [0.29, 0.717) is 18.9 Å². The average molecular weight is 190 g/mol. The largest absolute Gasteiger partial charge is 0.393 e. The van der Waals surface area contributed by atoms with Gasteiger partial charge >= 0.3 is 0 Å². The molecule has 3 atom stereocenters. The average Bonchev–Trinajstić information content (AvgIpc) is 1.99. The number of hydrogen-bond donors (Lipinski definition) is 2. The molecule has 0 bridgehead atoms. The van der Waals surface area contributed by atoms with E-state index in [1.807, 2.05) is 0 Å². The maximum Gasteiger partial charge on any atom is 0.0777 e. The smallest absolute Gasteiger partial charge is 0.0777 e. The maximum atomic E-state index is 9.48. The summed E-state index contributed by atoms with van der Waals surface area (Å²) >= 11 is 0. The molecule has 0 saturated carbocycles. The second-order valence-corrected chi connectivity index (χ2v) is 3.99. The Bertz CT molecular complexity index is 115. The van der Waals surface area contributed by atoms with Gasteiger partial charge in [0.25, 0.3) is 0 Å². The standard InChI is InChI=1S/C10H22O3/c1-7(2)10(8(3)11)5-9(12)6-13-4/h7-12H,5-6H2,1-4H3. The summed E-state index contributed by atoms with van der Waals surface area (Å²) in [4.78, 5) is 0. The van der Waals surface area contributed by atoms with Gasteiger partial charge in [0.05, 0.1) is 18.8 Å². The number of aliphatic hydroxyl groups excluding tert-OH is 2. The fourth-order valence-electron chi connectivity index (χ4n) is 1.60. The first-order chi connectivity index (χ1) is 5.99. The van der Waals surface area contributed by atoms with Crippen LogP contribution in [0.3, 0.4) is 0 Å². The number of hydrogen-bond acceptors (Lipinski definition) is 3. The second kappa shape index (κ2) is 6.35. The Kier molecular flexibility index (Phi) is 6.29. The molecule has 0 aromatic heterocycles. The molecule has 0 aliphatic carbocycles. The normalized spacial score (nSPS) is 18.7. The Labute approximate surface area is 80.7 Å². The summed E-state index contributed by atoms with van der Waals surface area (Å²) in [6, 6.07) is 0. The first kappa shape index (κ1) is 12.9. The molecular weight excluding hydrogens is 168 g/mol. The topological polar surface area (TPSA) is 49.7 Å². The number of ether oxygens (including phenoxy) is 1. The lowest BCUT2D eigenvalue weighted by atomic mass is 9.86. The summed E-state index contributed by atoms with van der Waals surface area (Å²) in [5.74, 6) is 0.525. The van der Waals surface area contributed by atoms with E-state index >= 15 is 0 Å². The molecule has 0 aromatic rings. The van der Waals surface area contributed by atoms with E-state index in [9.17, 15) is 10.2 Å². The highest BCUT2D eigenvalue weighted by Crippen LogP contribution is 2.21. The van der Waals surface area contributed by atoms with Crippen LogP contribution in [0.15, 0.2) is 0 Å². The molecule has 80 valence electrons. The number of methoxy groups -OCH3 is 1. The minimum absolute atomic E-state index is 0.144. The first-order valence-electron chi connectivity index (χ1n) is 4.84. The van der Waals surface area contributed by atoms with Crippen molar-refractivity contribution in [1.29, 1.82) is 0 Å². The molecule has 3 heteroatoms. The molecule has 0 spiro atoms. The van der Waals surface area contributed by atoms with Crippen LogP contribution in [0.4, 0.5) is 0 Å². The van der Waals surface area contributed by atoms with Crippen molar-refractivity contribution in [2.24, 2.45) is 11.8 Å². The van der Waals surface area contributed by atoms with Crippen molar-refractivity contribution in [2.45, 2.75) is 39.4 Å². The van der Waals surface area contributed by atoms with E-state index in [0.717, 1.165) is 0 Å². The molecule has 2 N–H and O–H groups in total. The fraction of sp³-hybridized carbons (Fsp3) is 1.00. The Morgan fingerprint density at radius 2 is 1.69 bits per heavy atom. The van der Waals surface area contributed by atoms with Gasteiger partial charge in [0.15, 0.2) is 0 Å². The van der Waals surface area contributed by atoms with Crippen LogP contribution >= 0.6 is 0 Å². The van der Waals surface area contributed by atoms with Crippen LogP contribution in [0.5, 0.6) is 0 Å². The number of aliphatic hydroxyl groups is 2. The van der Waals surface area contributed by atoms with Crippen molar-refractivity contribution in [2.75, 3.05) is 13.7 Å². The van der Waals surface area contributed by atoms with Gasteiger partial charge in [-0.1, -0.05) is 13.8 Å². The van der Waals surface area contributed by atoms with Crippen molar-refractivity contribution in [3.63, 3.8) is 0 Å². The lowest BCUT2D eigenvalue weighted by Gasteiger charge is -2.25. The van der Waals surface area contributed by atoms with E-state index < -0.39 is 6.10 Å². The highest BCUT2D eigenvalue weighted by Gasteiger charge is 2.22. The van der Waals surface area contributed by atoms with Gasteiger partial charge < -0.3 is 14.9 Å². The van der Waals surface area contributed by atoms with Gasteiger partial charge in [-0.2, -0.15) is 0 Å². The van der Waals surface area contributed by atoms with Gasteiger partial charge in [-0.15, -0.1) is 0 Å². The summed E-state index contributed by atoms with van der Waals surface area (Å²) < 4.78 is 4.83. The molecule has 0 amide bonds. The van der Waals surface area contributed by atoms with Crippen molar-refractivity contribution in [1.82, 2.24) is 0 Å². The van der Waals surface area contributed by atoms with Crippen LogP contribution in [0.1, 0.15) is 27.2 Å². The van der Waals surface area contributed by atoms with Crippen molar-refractivity contribution < 1.29 is 14.9 Å². The molecule has 3 unspecified atom stereocenters. The predicted octanol–water partition coefficient (Wildman–Crippen LogP) is 1.04. The fourth-order valence-corrected chi connectivity index (χ4v) is 1.60. The van der Waals surface area contributed by atoms with Gasteiger partial charge in [-0.3, -0.25) is 0 Å².